The van der Waals surface area contributed by atoms with Crippen LogP contribution in [0, 0.1) is 6.92 Å². The molecule has 5 rings (SSSR count). The number of carbonyl (C=O) groups is 3. The van der Waals surface area contributed by atoms with E-state index < -0.39 is 59.8 Å². The van der Waals surface area contributed by atoms with Gasteiger partial charge in [0.25, 0.3) is 5.56 Å². The molecule has 0 aliphatic heterocycles. The number of carbonyl (C=O) groups excluding carboxylic acids is 1. The molecule has 0 amide bonds. The number of nitrogens with zero attached hydrogens (tertiary/aromatic N) is 3. The fourth-order valence-corrected chi connectivity index (χ4v) is 5.21. The van der Waals surface area contributed by atoms with Gasteiger partial charge in [-0.05, 0) is 93.9 Å². The molecule has 2 heterocycles. The first-order valence-corrected chi connectivity index (χ1v) is 17.2. The number of ether oxygens (including phenoxy) is 3. The quantitative estimate of drug-likeness (QED) is 0.140. The van der Waals surface area contributed by atoms with Crippen molar-refractivity contribution >= 4 is 63.6 Å². The van der Waals surface area contributed by atoms with Gasteiger partial charge in [0.2, 0.25) is 0 Å². The van der Waals surface area contributed by atoms with Crippen molar-refractivity contribution in [1.82, 2.24) is 14.1 Å². The number of aryl methyl sites for hydroxylation is 1. The summed E-state index contributed by atoms with van der Waals surface area (Å²) >= 11 is 17.7. The van der Waals surface area contributed by atoms with E-state index in [1.54, 1.807) is 62.5 Å². The Labute approximate surface area is 331 Å². The van der Waals surface area contributed by atoms with Crippen molar-refractivity contribution in [2.24, 2.45) is 7.05 Å². The summed E-state index contributed by atoms with van der Waals surface area (Å²) in [5.74, 6) is -1.84. The van der Waals surface area contributed by atoms with Gasteiger partial charge in [0.15, 0.2) is 12.7 Å². The van der Waals surface area contributed by atoms with Gasteiger partial charge < -0.3 is 24.4 Å². The molecule has 1 atom stereocenters. The summed E-state index contributed by atoms with van der Waals surface area (Å²) in [7, 11) is 0.894. The molecular weight excluding hydrogens is 810 g/mol. The number of carboxylic acids is 2. The van der Waals surface area contributed by atoms with E-state index in [1.165, 1.54) is 19.1 Å². The molecule has 0 fully saturated rings. The van der Waals surface area contributed by atoms with E-state index in [4.69, 9.17) is 59.2 Å². The summed E-state index contributed by atoms with van der Waals surface area (Å²) in [4.78, 5) is 61.5. The lowest BCUT2D eigenvalue weighted by molar-refractivity contribution is -0.144. The number of halogens is 6. The Morgan fingerprint density at radius 1 is 0.893 bits per heavy atom. The zero-order chi connectivity index (χ0) is 42.1. The topological polar surface area (TPSA) is 176 Å². The molecule has 0 aliphatic rings. The third kappa shape index (κ3) is 12.0. The largest absolute Gasteiger partial charge is 0.480 e. The van der Waals surface area contributed by atoms with E-state index in [0.29, 0.717) is 42.3 Å². The van der Waals surface area contributed by atoms with Crippen molar-refractivity contribution < 1.29 is 52.0 Å². The third-order valence-corrected chi connectivity index (χ3v) is 8.09. The smallest absolute Gasteiger partial charge is 0.431 e. The van der Waals surface area contributed by atoms with E-state index in [2.05, 4.69) is 4.98 Å². The van der Waals surface area contributed by atoms with Crippen LogP contribution in [0.2, 0.25) is 15.1 Å². The molecule has 298 valence electrons. The number of alkyl halides is 3. The maximum Gasteiger partial charge on any atom is 0.431 e. The van der Waals surface area contributed by atoms with Crippen LogP contribution in [-0.2, 0) is 27.5 Å². The molecule has 3 aromatic carbocycles. The highest BCUT2D eigenvalue weighted by Gasteiger charge is 2.35. The first-order valence-electron chi connectivity index (χ1n) is 16.1. The molecule has 0 aliphatic carbocycles. The third-order valence-electron chi connectivity index (χ3n) is 7.20. The number of aliphatic carboxylic acids is 2. The Morgan fingerprint density at radius 3 is 2.12 bits per heavy atom. The summed E-state index contributed by atoms with van der Waals surface area (Å²) in [6.07, 6.45) is -4.55. The Morgan fingerprint density at radius 2 is 1.54 bits per heavy atom. The summed E-state index contributed by atoms with van der Waals surface area (Å²) in [5, 5.41) is 19.1. The van der Waals surface area contributed by atoms with Crippen molar-refractivity contribution in [3.63, 3.8) is 0 Å². The van der Waals surface area contributed by atoms with Gasteiger partial charge in [0, 0.05) is 29.7 Å². The van der Waals surface area contributed by atoms with Crippen molar-refractivity contribution in [3.8, 4) is 17.2 Å². The standard InChI is InChI=1S/C16H14ClF3N2O4.C11H8ClNO3.C10H11ClO3/c1-8(2)26-14(24)10-6-9(4-5-11(10)17)22-13(23)7-12(16(18,19)20)21(3)15(22)25;12-8-3-4-9(16-6-10(14)15)11-7(8)2-1-5-13-11;1-6-5-8(11)3-4-9(6)14-7(2)10(12)13/h4-8H,1-3H3;1-5H,6H2,(H,14,15);3-5,7H,1-2H3,(H,12,13). The van der Waals surface area contributed by atoms with E-state index in [-0.39, 0.29) is 16.3 Å². The maximum absolute atomic E-state index is 12.9. The number of hydrogen-bond acceptors (Lipinski definition) is 9. The molecule has 56 heavy (non-hydrogen) atoms. The monoisotopic (exact) mass is 841 g/mol. The van der Waals surface area contributed by atoms with Gasteiger partial charge in [0.1, 0.15) is 22.7 Å². The van der Waals surface area contributed by atoms with Crippen molar-refractivity contribution in [3.05, 3.63) is 126 Å². The lowest BCUT2D eigenvalue weighted by atomic mass is 10.2. The van der Waals surface area contributed by atoms with Crippen molar-refractivity contribution in [2.75, 3.05) is 6.61 Å². The van der Waals surface area contributed by atoms with E-state index in [9.17, 15) is 37.1 Å². The minimum Gasteiger partial charge on any atom is -0.480 e. The Hall–Kier alpha value is -5.58. The maximum atomic E-state index is 12.9. The van der Waals surface area contributed by atoms with Gasteiger partial charge in [-0.3, -0.25) is 14.3 Å². The highest BCUT2D eigenvalue weighted by atomic mass is 35.5. The Bertz CT molecular complexity index is 2370. The molecule has 19 heteroatoms. The van der Waals surface area contributed by atoms with Gasteiger partial charge in [-0.25, -0.2) is 23.7 Å². The van der Waals surface area contributed by atoms with Crippen molar-refractivity contribution in [2.45, 2.75) is 46.1 Å². The molecule has 13 nitrogen and oxygen atoms in total. The molecule has 0 radical (unpaired) electrons. The predicted octanol–water partition coefficient (Wildman–Crippen LogP) is 7.63. The van der Waals surface area contributed by atoms with Gasteiger partial charge >= 0.3 is 29.8 Å². The average molecular weight is 843 g/mol. The first-order chi connectivity index (χ1) is 26.1. The highest BCUT2D eigenvalue weighted by Crippen LogP contribution is 2.30. The lowest BCUT2D eigenvalue weighted by Gasteiger charge is -2.15. The van der Waals surface area contributed by atoms with Crippen LogP contribution in [0.4, 0.5) is 13.2 Å². The molecule has 0 saturated carbocycles. The van der Waals surface area contributed by atoms with Crippen LogP contribution in [0.25, 0.3) is 16.6 Å². The second-order valence-electron chi connectivity index (χ2n) is 11.8. The Kier molecular flexibility index (Phi) is 15.5. The minimum absolute atomic E-state index is 0.0104. The van der Waals surface area contributed by atoms with Crippen LogP contribution in [0.1, 0.15) is 42.4 Å². The molecular formula is C37H33Cl3F3N3O10. The minimum atomic E-state index is -4.86. The highest BCUT2D eigenvalue weighted by molar-refractivity contribution is 6.35. The fourth-order valence-electron chi connectivity index (χ4n) is 4.58. The Balaban J connectivity index is 0.000000240. The molecule has 2 N–H and O–H groups in total. The van der Waals surface area contributed by atoms with Gasteiger partial charge in [-0.15, -0.1) is 0 Å². The van der Waals surface area contributed by atoms with Crippen LogP contribution in [0.5, 0.6) is 11.5 Å². The number of benzene rings is 3. The summed E-state index contributed by atoms with van der Waals surface area (Å²) in [6.45, 7) is 6.14. The molecule has 0 spiro atoms. The number of fused-ring (bicyclic) bond motifs is 1. The number of esters is 1. The van der Waals surface area contributed by atoms with Crippen LogP contribution in [0.15, 0.2) is 82.5 Å². The number of carboxylic acid groups (broad SMARTS) is 2. The average Bonchev–Trinajstić information content (AvgIpc) is 3.11. The number of hydrogen-bond donors (Lipinski definition) is 2. The number of rotatable bonds is 9. The zero-order valence-electron chi connectivity index (χ0n) is 30.1. The number of aromatic nitrogens is 3. The van der Waals surface area contributed by atoms with Crippen molar-refractivity contribution in [1.29, 1.82) is 0 Å². The molecule has 0 saturated heterocycles. The van der Waals surface area contributed by atoms with Crippen LogP contribution >= 0.6 is 34.8 Å². The second-order valence-corrected chi connectivity index (χ2v) is 13.0. The van der Waals surface area contributed by atoms with E-state index in [0.717, 1.165) is 24.1 Å². The molecule has 2 aromatic heterocycles. The molecule has 5 aromatic rings. The lowest BCUT2D eigenvalue weighted by Crippen LogP contribution is -2.40. The van der Waals surface area contributed by atoms with Crippen LogP contribution in [0.3, 0.4) is 0 Å². The van der Waals surface area contributed by atoms with Gasteiger partial charge in [-0.2, -0.15) is 13.2 Å². The normalized spacial score (nSPS) is 11.4. The predicted molar refractivity (Wildman–Crippen MR) is 202 cm³/mol. The molecule has 0 bridgehead atoms. The second kappa shape index (κ2) is 19.3. The van der Waals surface area contributed by atoms with Gasteiger partial charge in [-0.1, -0.05) is 34.8 Å². The summed E-state index contributed by atoms with van der Waals surface area (Å²) < 4.78 is 54.9. The first kappa shape index (κ1) is 44.8. The van der Waals surface area contributed by atoms with Gasteiger partial charge in [0.05, 0.1) is 27.4 Å². The van der Waals surface area contributed by atoms with E-state index >= 15 is 0 Å². The van der Waals surface area contributed by atoms with Crippen LogP contribution in [-0.4, -0.2) is 61.1 Å². The SMILES string of the molecule is CC(C)OC(=O)c1cc(-n2c(=O)cc(C(F)(F)F)n(C)c2=O)ccc1Cl.Cc1cc(Cl)ccc1OC(C)C(=O)O.O=C(O)COc1ccc(Cl)c2cccnc12. The zero-order valence-corrected chi connectivity index (χ0v) is 32.3. The number of pyridine rings is 1. The summed E-state index contributed by atoms with van der Waals surface area (Å²) in [5.41, 5.74) is -2.61. The van der Waals surface area contributed by atoms with Crippen LogP contribution < -0.4 is 20.7 Å². The summed E-state index contributed by atoms with van der Waals surface area (Å²) in [6, 6.07) is 15.8. The fraction of sp³-hybridized carbons (Fsp3) is 0.243. The molecule has 1 unspecified atom stereocenters. The van der Waals surface area contributed by atoms with E-state index in [1.807, 2.05) is 6.92 Å².